The highest BCUT2D eigenvalue weighted by Crippen LogP contribution is 2.28. The van der Waals surface area contributed by atoms with Gasteiger partial charge in [-0.15, -0.1) is 0 Å². The second-order valence-electron chi connectivity index (χ2n) is 10.9. The zero-order valence-electron chi connectivity index (χ0n) is 24.2. The van der Waals surface area contributed by atoms with Gasteiger partial charge in [0.25, 0.3) is 0 Å². The SMILES string of the molecule is Cc1ccc([PH+](C)c2ccc(C)cc2)cc1.c1ccc([B-](c2ccccc2)(c2ccccc2)c2ccccc2)cc1. The molecule has 0 N–H and O–H groups in total. The van der Waals surface area contributed by atoms with E-state index >= 15 is 0 Å². The molecule has 0 aliphatic rings. The Hall–Kier alpha value is -4.19. The van der Waals surface area contributed by atoms with E-state index in [-0.39, 0.29) is 0 Å². The van der Waals surface area contributed by atoms with Crippen molar-refractivity contribution >= 4 is 46.5 Å². The molecule has 0 heterocycles. The smallest absolute Gasteiger partial charge is 0.108 e. The lowest BCUT2D eigenvalue weighted by Gasteiger charge is -2.44. The number of hydrogen-bond acceptors (Lipinski definition) is 0. The lowest BCUT2D eigenvalue weighted by molar-refractivity contribution is 1.49. The van der Waals surface area contributed by atoms with Crippen LogP contribution in [0.4, 0.5) is 0 Å². The van der Waals surface area contributed by atoms with Gasteiger partial charge in [0.05, 0.1) is 25.2 Å². The zero-order valence-corrected chi connectivity index (χ0v) is 25.2. The molecule has 0 radical (unpaired) electrons. The number of rotatable bonds is 6. The molecular formula is C39H38BP. The van der Waals surface area contributed by atoms with Crippen LogP contribution in [-0.4, -0.2) is 12.8 Å². The largest absolute Gasteiger partial charge is 0.195 e. The molecule has 0 fully saturated rings. The van der Waals surface area contributed by atoms with Gasteiger partial charge in [-0.3, -0.25) is 0 Å². The van der Waals surface area contributed by atoms with E-state index in [9.17, 15) is 0 Å². The highest BCUT2D eigenvalue weighted by atomic mass is 31.1. The molecule has 0 amide bonds. The summed E-state index contributed by atoms with van der Waals surface area (Å²) in [4.78, 5) is 0. The molecule has 6 aromatic carbocycles. The van der Waals surface area contributed by atoms with Crippen molar-refractivity contribution in [2.45, 2.75) is 13.8 Å². The van der Waals surface area contributed by atoms with Crippen molar-refractivity contribution in [1.82, 2.24) is 0 Å². The van der Waals surface area contributed by atoms with E-state index < -0.39 is 14.1 Å². The first-order valence-corrected chi connectivity index (χ1v) is 16.4. The summed E-state index contributed by atoms with van der Waals surface area (Å²) in [6.07, 6.45) is -1.22. The van der Waals surface area contributed by atoms with Gasteiger partial charge < -0.3 is 0 Å². The maximum atomic E-state index is 2.36. The normalized spacial score (nSPS) is 11.0. The second kappa shape index (κ2) is 13.4. The van der Waals surface area contributed by atoms with Crippen LogP contribution in [0.5, 0.6) is 0 Å². The van der Waals surface area contributed by atoms with Gasteiger partial charge >= 0.3 is 0 Å². The Balaban J connectivity index is 0.000000182. The molecule has 0 saturated heterocycles. The second-order valence-corrected chi connectivity index (χ2v) is 13.3. The number of aryl methyl sites for hydroxylation is 2. The summed E-state index contributed by atoms with van der Waals surface area (Å²) < 4.78 is 0. The van der Waals surface area contributed by atoms with Crippen molar-refractivity contribution < 1.29 is 0 Å². The third-order valence-corrected chi connectivity index (χ3v) is 10.6. The van der Waals surface area contributed by atoms with Crippen LogP contribution in [-0.2, 0) is 0 Å². The first kappa shape index (κ1) is 28.3. The van der Waals surface area contributed by atoms with Gasteiger partial charge in [-0.05, 0) is 38.1 Å². The summed E-state index contributed by atoms with van der Waals surface area (Å²) >= 11 is 0. The molecular weight excluding hydrogens is 510 g/mol. The average molecular weight is 549 g/mol. The standard InChI is InChI=1S/C24H20B.C15H17P/c1-5-13-21(14-6-1)25(22-15-7-2-8-16-22,23-17-9-3-10-18-23)24-19-11-4-12-20-24;1-12-4-8-14(9-5-12)16(3)15-10-6-13(2)7-11-15/h1-20H;4-11H,1-3H3/q-1;/p+1. The summed E-state index contributed by atoms with van der Waals surface area (Å²) in [7, 11) is -0.578. The van der Waals surface area contributed by atoms with Crippen LogP contribution in [0, 0.1) is 13.8 Å². The number of benzene rings is 6. The molecule has 6 aromatic rings. The molecule has 0 bridgehead atoms. The molecule has 0 aromatic heterocycles. The minimum Gasteiger partial charge on any atom is -0.195 e. The lowest BCUT2D eigenvalue weighted by Crippen LogP contribution is -2.74. The summed E-state index contributed by atoms with van der Waals surface area (Å²) in [6.45, 7) is 6.63. The topological polar surface area (TPSA) is 0 Å². The van der Waals surface area contributed by atoms with Crippen molar-refractivity contribution in [2.24, 2.45) is 0 Å². The van der Waals surface area contributed by atoms with Crippen LogP contribution < -0.4 is 32.5 Å². The van der Waals surface area contributed by atoms with Gasteiger partial charge in [0.15, 0.2) is 0 Å². The predicted molar refractivity (Wildman–Crippen MR) is 186 cm³/mol. The highest BCUT2D eigenvalue weighted by molar-refractivity contribution is 7.72. The first-order chi connectivity index (χ1) is 20.1. The van der Waals surface area contributed by atoms with E-state index in [1.165, 1.54) is 43.6 Å². The molecule has 0 unspecified atom stereocenters. The predicted octanol–water partition coefficient (Wildman–Crippen LogP) is 6.16. The van der Waals surface area contributed by atoms with Gasteiger partial charge in [0.1, 0.15) is 6.15 Å². The molecule has 0 spiro atoms. The summed E-state index contributed by atoms with van der Waals surface area (Å²) in [6, 6.07) is 61.4. The Morgan fingerprint density at radius 1 is 0.341 bits per heavy atom. The maximum Gasteiger partial charge on any atom is 0.108 e. The molecule has 0 nitrogen and oxygen atoms in total. The van der Waals surface area contributed by atoms with Crippen LogP contribution in [0.15, 0.2) is 170 Å². The third kappa shape index (κ3) is 6.43. The van der Waals surface area contributed by atoms with Gasteiger partial charge in [-0.1, -0.05) is 157 Å². The minimum absolute atomic E-state index is 0.578. The van der Waals surface area contributed by atoms with E-state index in [1.807, 2.05) is 0 Å². The van der Waals surface area contributed by atoms with Crippen molar-refractivity contribution in [3.05, 3.63) is 181 Å². The zero-order chi connectivity index (χ0) is 28.5. The molecule has 202 valence electrons. The van der Waals surface area contributed by atoms with Crippen LogP contribution >= 0.6 is 7.92 Å². The van der Waals surface area contributed by atoms with Crippen molar-refractivity contribution in [1.29, 1.82) is 0 Å². The fraction of sp³-hybridized carbons (Fsp3) is 0.0769. The van der Waals surface area contributed by atoms with Gasteiger partial charge in [-0.25, -0.2) is 0 Å². The van der Waals surface area contributed by atoms with E-state index in [0.29, 0.717) is 0 Å². The van der Waals surface area contributed by atoms with Crippen LogP contribution in [0.25, 0.3) is 0 Å². The quantitative estimate of drug-likeness (QED) is 0.173. The summed E-state index contributed by atoms with van der Waals surface area (Å²) in [5.74, 6) is 0. The van der Waals surface area contributed by atoms with Gasteiger partial charge in [0, 0.05) is 0 Å². The Kier molecular flexibility index (Phi) is 9.30. The molecule has 0 saturated carbocycles. The maximum absolute atomic E-state index is 2.36. The van der Waals surface area contributed by atoms with E-state index in [0.717, 1.165) is 0 Å². The third-order valence-electron chi connectivity index (χ3n) is 8.17. The fourth-order valence-electron chi connectivity index (χ4n) is 5.90. The first-order valence-electron chi connectivity index (χ1n) is 14.4. The van der Waals surface area contributed by atoms with Crippen LogP contribution in [0.2, 0.25) is 0 Å². The van der Waals surface area contributed by atoms with Crippen molar-refractivity contribution in [2.75, 3.05) is 6.66 Å². The van der Waals surface area contributed by atoms with Crippen LogP contribution in [0.1, 0.15) is 11.1 Å². The number of hydrogen-bond donors (Lipinski definition) is 0. The Bertz CT molecular complexity index is 1400. The van der Waals surface area contributed by atoms with Gasteiger partial charge in [0.2, 0.25) is 0 Å². The Morgan fingerprint density at radius 2 is 0.585 bits per heavy atom. The van der Waals surface area contributed by atoms with E-state index in [2.05, 4.69) is 190 Å². The Labute approximate surface area is 247 Å². The molecule has 0 atom stereocenters. The molecule has 0 aliphatic carbocycles. The molecule has 41 heavy (non-hydrogen) atoms. The Morgan fingerprint density at radius 3 is 0.829 bits per heavy atom. The molecule has 2 heteroatoms. The monoisotopic (exact) mass is 548 g/mol. The van der Waals surface area contributed by atoms with Crippen LogP contribution in [0.3, 0.4) is 0 Å². The van der Waals surface area contributed by atoms with Gasteiger partial charge in [-0.2, -0.15) is 21.9 Å². The van der Waals surface area contributed by atoms with Crippen molar-refractivity contribution in [3.63, 3.8) is 0 Å². The molecule has 0 aliphatic heterocycles. The fourth-order valence-corrected chi connectivity index (χ4v) is 7.56. The van der Waals surface area contributed by atoms with Crippen molar-refractivity contribution in [3.8, 4) is 0 Å². The van der Waals surface area contributed by atoms with E-state index in [1.54, 1.807) is 0 Å². The lowest BCUT2D eigenvalue weighted by atomic mass is 9.13. The highest BCUT2D eigenvalue weighted by Gasteiger charge is 2.31. The van der Waals surface area contributed by atoms with E-state index in [4.69, 9.17) is 0 Å². The summed E-state index contributed by atoms with van der Waals surface area (Å²) in [5.41, 5.74) is 8.03. The summed E-state index contributed by atoms with van der Waals surface area (Å²) in [5, 5.41) is 2.97. The average Bonchev–Trinajstić information content (AvgIpc) is 3.04. The molecule has 6 rings (SSSR count). The minimum atomic E-state index is -1.22.